The first kappa shape index (κ1) is 20.6. The molecule has 1 aliphatic rings. The highest BCUT2D eigenvalue weighted by Crippen LogP contribution is 2.44. The molecule has 0 radical (unpaired) electrons. The van der Waals surface area contributed by atoms with Gasteiger partial charge in [-0.25, -0.2) is 9.97 Å². The van der Waals surface area contributed by atoms with Crippen molar-refractivity contribution < 1.29 is 18.0 Å². The third-order valence-electron chi connectivity index (χ3n) is 5.02. The molecule has 3 aromatic rings. The van der Waals surface area contributed by atoms with Crippen LogP contribution >= 0.6 is 22.9 Å². The first-order valence-electron chi connectivity index (χ1n) is 8.95. The number of carbonyl (C=O) groups excluding carboxylic acids is 1. The number of hydrogen-bond donors (Lipinski definition) is 0. The molecule has 1 aromatic carbocycles. The molecule has 0 unspecified atom stereocenters. The van der Waals surface area contributed by atoms with Crippen LogP contribution in [0.25, 0.3) is 11.1 Å². The SMILES string of the molecule is C=CC(=O)N1Cc2sc(Cl)cc2[C@H](c2ccccc2-c2cncnc2C(F)(F)F)C1. The molecular formula is C21H15ClF3N3OS. The molecule has 0 aliphatic carbocycles. The molecule has 30 heavy (non-hydrogen) atoms. The van der Waals surface area contributed by atoms with Gasteiger partial charge in [-0.15, -0.1) is 11.3 Å². The molecule has 1 aliphatic heterocycles. The van der Waals surface area contributed by atoms with Gasteiger partial charge in [0, 0.05) is 29.1 Å². The van der Waals surface area contributed by atoms with Crippen molar-refractivity contribution in [2.24, 2.45) is 0 Å². The summed E-state index contributed by atoms with van der Waals surface area (Å²) in [5.41, 5.74) is 0.835. The molecule has 0 N–H and O–H groups in total. The number of benzene rings is 1. The van der Waals surface area contributed by atoms with Crippen LogP contribution in [0.5, 0.6) is 0 Å². The van der Waals surface area contributed by atoms with Crippen molar-refractivity contribution in [2.75, 3.05) is 6.54 Å². The fourth-order valence-corrected chi connectivity index (χ4v) is 5.10. The standard InChI is InChI=1S/C21H15ClF3N3OS/c1-2-19(29)28-9-16(14-7-18(22)30-17(14)10-28)13-6-4-3-5-12(13)15-8-26-11-27-20(15)21(23,24)25/h2-8,11,16H,1,9-10H2/t16-/m0/s1. The van der Waals surface area contributed by atoms with Crippen LogP contribution in [-0.2, 0) is 17.5 Å². The quantitative estimate of drug-likeness (QED) is 0.493. The summed E-state index contributed by atoms with van der Waals surface area (Å²) in [5.74, 6) is -0.592. The molecule has 4 nitrogen and oxygen atoms in total. The minimum Gasteiger partial charge on any atom is -0.333 e. The Kier molecular flexibility index (Phi) is 5.38. The minimum absolute atomic E-state index is 0.101. The molecular weight excluding hydrogens is 435 g/mol. The van der Waals surface area contributed by atoms with E-state index in [0.717, 1.165) is 16.8 Å². The third kappa shape index (κ3) is 3.73. The molecule has 0 spiro atoms. The summed E-state index contributed by atoms with van der Waals surface area (Å²) in [7, 11) is 0. The van der Waals surface area contributed by atoms with Gasteiger partial charge in [-0.1, -0.05) is 42.4 Å². The van der Waals surface area contributed by atoms with E-state index in [2.05, 4.69) is 16.5 Å². The van der Waals surface area contributed by atoms with Crippen molar-refractivity contribution in [1.29, 1.82) is 0 Å². The summed E-state index contributed by atoms with van der Waals surface area (Å²) in [6, 6.07) is 8.64. The predicted molar refractivity (Wildman–Crippen MR) is 109 cm³/mol. The van der Waals surface area contributed by atoms with Gasteiger partial charge in [-0.2, -0.15) is 13.2 Å². The molecule has 3 heterocycles. The van der Waals surface area contributed by atoms with Crippen LogP contribution in [0.3, 0.4) is 0 Å². The van der Waals surface area contributed by atoms with E-state index < -0.39 is 11.9 Å². The van der Waals surface area contributed by atoms with E-state index >= 15 is 0 Å². The van der Waals surface area contributed by atoms with E-state index in [1.807, 2.05) is 6.07 Å². The summed E-state index contributed by atoms with van der Waals surface area (Å²) < 4.78 is 41.3. The van der Waals surface area contributed by atoms with Gasteiger partial charge in [0.15, 0.2) is 5.69 Å². The second kappa shape index (κ2) is 7.85. The van der Waals surface area contributed by atoms with Crippen molar-refractivity contribution >= 4 is 28.8 Å². The van der Waals surface area contributed by atoms with Crippen LogP contribution in [0.1, 0.15) is 27.6 Å². The zero-order valence-corrected chi connectivity index (χ0v) is 17.1. The van der Waals surface area contributed by atoms with Crippen molar-refractivity contribution in [3.8, 4) is 11.1 Å². The summed E-state index contributed by atoms with van der Waals surface area (Å²) in [6.07, 6.45) is -1.34. The summed E-state index contributed by atoms with van der Waals surface area (Å²) >= 11 is 7.59. The van der Waals surface area contributed by atoms with E-state index in [-0.39, 0.29) is 17.4 Å². The molecule has 9 heteroatoms. The lowest BCUT2D eigenvalue weighted by molar-refractivity contribution is -0.140. The monoisotopic (exact) mass is 449 g/mol. The number of amides is 1. The zero-order chi connectivity index (χ0) is 21.5. The Balaban J connectivity index is 1.89. The van der Waals surface area contributed by atoms with Crippen molar-refractivity contribution in [2.45, 2.75) is 18.6 Å². The number of carbonyl (C=O) groups is 1. The Labute approximate surface area is 179 Å². The number of fused-ring (bicyclic) bond motifs is 1. The first-order chi connectivity index (χ1) is 14.3. The van der Waals surface area contributed by atoms with Crippen molar-refractivity contribution in [1.82, 2.24) is 14.9 Å². The highest BCUT2D eigenvalue weighted by Gasteiger charge is 2.37. The minimum atomic E-state index is -4.63. The van der Waals surface area contributed by atoms with Crippen molar-refractivity contribution in [3.05, 3.63) is 81.5 Å². The summed E-state index contributed by atoms with van der Waals surface area (Å²) in [4.78, 5) is 22.1. The number of thiophene rings is 1. The highest BCUT2D eigenvalue weighted by atomic mass is 35.5. The maximum absolute atomic E-state index is 13.6. The average Bonchev–Trinajstić information content (AvgIpc) is 3.12. The summed E-state index contributed by atoms with van der Waals surface area (Å²) in [5, 5.41) is 0. The van der Waals surface area contributed by atoms with E-state index in [0.29, 0.717) is 28.6 Å². The summed E-state index contributed by atoms with van der Waals surface area (Å²) in [6.45, 7) is 4.23. The van der Waals surface area contributed by atoms with Gasteiger partial charge < -0.3 is 4.90 Å². The number of halogens is 4. The van der Waals surface area contributed by atoms with Gasteiger partial charge in [0.25, 0.3) is 0 Å². The smallest absolute Gasteiger partial charge is 0.333 e. The van der Waals surface area contributed by atoms with E-state index in [1.54, 1.807) is 29.2 Å². The first-order valence-corrected chi connectivity index (χ1v) is 10.1. The molecule has 154 valence electrons. The van der Waals surface area contributed by atoms with Crippen LogP contribution < -0.4 is 0 Å². The zero-order valence-electron chi connectivity index (χ0n) is 15.5. The number of alkyl halides is 3. The topological polar surface area (TPSA) is 46.1 Å². The molecule has 1 atom stereocenters. The molecule has 1 amide bonds. The lowest BCUT2D eigenvalue weighted by Crippen LogP contribution is -2.37. The second-order valence-electron chi connectivity index (χ2n) is 6.77. The Morgan fingerprint density at radius 1 is 1.27 bits per heavy atom. The van der Waals surface area contributed by atoms with Gasteiger partial charge in [0.2, 0.25) is 5.91 Å². The predicted octanol–water partition coefficient (Wildman–Crippen LogP) is 5.54. The number of rotatable bonds is 3. The highest BCUT2D eigenvalue weighted by molar-refractivity contribution is 7.16. The Bertz CT molecular complexity index is 1130. The number of nitrogens with zero attached hydrogens (tertiary/aromatic N) is 3. The van der Waals surface area contributed by atoms with Crippen LogP contribution in [0.15, 0.2) is 55.5 Å². The van der Waals surface area contributed by atoms with Gasteiger partial charge in [0.1, 0.15) is 6.33 Å². The van der Waals surface area contributed by atoms with Gasteiger partial charge in [-0.05, 0) is 28.8 Å². The van der Waals surface area contributed by atoms with Crippen molar-refractivity contribution in [3.63, 3.8) is 0 Å². The molecule has 2 aromatic heterocycles. The number of hydrogen-bond acceptors (Lipinski definition) is 4. The lowest BCUT2D eigenvalue weighted by atomic mass is 9.83. The van der Waals surface area contributed by atoms with Crippen LogP contribution in [0.2, 0.25) is 4.34 Å². The molecule has 4 rings (SSSR count). The fourth-order valence-electron chi connectivity index (χ4n) is 3.75. The van der Waals surface area contributed by atoms with Gasteiger partial charge >= 0.3 is 6.18 Å². The second-order valence-corrected chi connectivity index (χ2v) is 8.54. The molecule has 0 bridgehead atoms. The fraction of sp³-hybridized carbons (Fsp3) is 0.190. The van der Waals surface area contributed by atoms with Crippen LogP contribution in [0.4, 0.5) is 13.2 Å². The van der Waals surface area contributed by atoms with E-state index in [9.17, 15) is 18.0 Å². The largest absolute Gasteiger partial charge is 0.434 e. The Morgan fingerprint density at radius 3 is 2.77 bits per heavy atom. The number of aromatic nitrogens is 2. The van der Waals surface area contributed by atoms with E-state index in [1.165, 1.54) is 23.6 Å². The van der Waals surface area contributed by atoms with Crippen LogP contribution in [0, 0.1) is 0 Å². The van der Waals surface area contributed by atoms with Gasteiger partial charge in [-0.3, -0.25) is 4.79 Å². The maximum Gasteiger partial charge on any atom is 0.434 e. The Hall–Kier alpha value is -2.71. The average molecular weight is 450 g/mol. The Morgan fingerprint density at radius 2 is 2.03 bits per heavy atom. The molecule has 0 saturated carbocycles. The third-order valence-corrected chi connectivity index (χ3v) is 6.28. The normalized spacial score (nSPS) is 16.3. The van der Waals surface area contributed by atoms with Gasteiger partial charge in [0.05, 0.1) is 10.9 Å². The molecule has 0 fully saturated rings. The van der Waals surface area contributed by atoms with Crippen LogP contribution in [-0.4, -0.2) is 27.3 Å². The lowest BCUT2D eigenvalue weighted by Gasteiger charge is -2.33. The maximum atomic E-state index is 13.6. The molecule has 0 saturated heterocycles. The van der Waals surface area contributed by atoms with E-state index in [4.69, 9.17) is 11.6 Å².